The van der Waals surface area contributed by atoms with Gasteiger partial charge < -0.3 is 9.64 Å². The molecule has 0 bridgehead atoms. The molecule has 0 aromatic heterocycles. The Morgan fingerprint density at radius 2 is 1.95 bits per heavy atom. The molecule has 21 heavy (non-hydrogen) atoms. The van der Waals surface area contributed by atoms with E-state index in [2.05, 4.69) is 4.74 Å². The molecule has 2 rings (SSSR count). The lowest BCUT2D eigenvalue weighted by Crippen LogP contribution is -2.47. The quantitative estimate of drug-likeness (QED) is 0.611. The van der Waals surface area contributed by atoms with Crippen LogP contribution in [-0.2, 0) is 14.3 Å². The molecule has 1 aliphatic rings. The number of aryl methyl sites for hydroxylation is 2. The van der Waals surface area contributed by atoms with Crippen molar-refractivity contribution in [3.8, 4) is 0 Å². The van der Waals surface area contributed by atoms with Crippen LogP contribution in [0.4, 0.5) is 0 Å². The summed E-state index contributed by atoms with van der Waals surface area (Å²) in [5.74, 6) is -1.75. The molecule has 1 fully saturated rings. The van der Waals surface area contributed by atoms with E-state index >= 15 is 0 Å². The first-order valence-electron chi connectivity index (χ1n) is 6.91. The number of carbonyl (C=O) groups excluding carboxylic acids is 3. The van der Waals surface area contributed by atoms with Crippen LogP contribution in [0.1, 0.15) is 27.9 Å². The number of ketones is 1. The first-order valence-corrected chi connectivity index (χ1v) is 6.91. The van der Waals surface area contributed by atoms with Crippen LogP contribution in [0.2, 0.25) is 0 Å². The van der Waals surface area contributed by atoms with Crippen molar-refractivity contribution >= 4 is 17.7 Å². The van der Waals surface area contributed by atoms with E-state index in [4.69, 9.17) is 0 Å². The number of likely N-dealkylation sites (tertiary alicyclic amines) is 1. The van der Waals surface area contributed by atoms with Crippen molar-refractivity contribution in [1.29, 1.82) is 0 Å². The minimum Gasteiger partial charge on any atom is -0.468 e. The zero-order valence-electron chi connectivity index (χ0n) is 12.5. The van der Waals surface area contributed by atoms with Gasteiger partial charge in [-0.3, -0.25) is 14.4 Å². The standard InChI is InChI=1S/C16H19NO4/c1-10-4-5-12(8-11(10)2)15(19)17-7-6-14(18)13(9-17)16(20)21-3/h4-5,8,13H,6-7,9H2,1-3H3. The zero-order valence-corrected chi connectivity index (χ0v) is 12.5. The third-order valence-electron chi connectivity index (χ3n) is 3.95. The van der Waals surface area contributed by atoms with Crippen molar-refractivity contribution in [3.05, 3.63) is 34.9 Å². The van der Waals surface area contributed by atoms with Gasteiger partial charge in [-0.05, 0) is 37.1 Å². The summed E-state index contributed by atoms with van der Waals surface area (Å²) in [6.45, 7) is 4.37. The average molecular weight is 289 g/mol. The maximum Gasteiger partial charge on any atom is 0.318 e. The SMILES string of the molecule is COC(=O)C1CN(C(=O)c2ccc(C)c(C)c2)CCC1=O. The second-order valence-corrected chi connectivity index (χ2v) is 5.34. The van der Waals surface area contributed by atoms with Crippen LogP contribution < -0.4 is 0 Å². The van der Waals surface area contributed by atoms with Gasteiger partial charge in [-0.2, -0.15) is 0 Å². The molecular formula is C16H19NO4. The molecule has 0 saturated carbocycles. The van der Waals surface area contributed by atoms with E-state index in [1.54, 1.807) is 11.0 Å². The maximum absolute atomic E-state index is 12.5. The van der Waals surface area contributed by atoms with Gasteiger partial charge in [-0.15, -0.1) is 0 Å². The summed E-state index contributed by atoms with van der Waals surface area (Å²) in [5, 5.41) is 0. The second kappa shape index (κ2) is 6.08. The summed E-state index contributed by atoms with van der Waals surface area (Å²) in [6, 6.07) is 5.50. The Labute approximate surface area is 123 Å². The van der Waals surface area contributed by atoms with Gasteiger partial charge in [0.1, 0.15) is 5.92 Å². The van der Waals surface area contributed by atoms with E-state index in [0.29, 0.717) is 12.1 Å². The van der Waals surface area contributed by atoms with E-state index in [1.165, 1.54) is 7.11 Å². The molecule has 112 valence electrons. The molecule has 5 nitrogen and oxygen atoms in total. The van der Waals surface area contributed by atoms with E-state index in [0.717, 1.165) is 11.1 Å². The number of carbonyl (C=O) groups is 3. The van der Waals surface area contributed by atoms with Crippen molar-refractivity contribution < 1.29 is 19.1 Å². The van der Waals surface area contributed by atoms with Gasteiger partial charge in [0.25, 0.3) is 5.91 Å². The van der Waals surface area contributed by atoms with Gasteiger partial charge in [-0.25, -0.2) is 0 Å². The monoisotopic (exact) mass is 289 g/mol. The van der Waals surface area contributed by atoms with Gasteiger partial charge in [0.05, 0.1) is 7.11 Å². The summed E-state index contributed by atoms with van der Waals surface area (Å²) in [5.41, 5.74) is 2.74. The fourth-order valence-corrected chi connectivity index (χ4v) is 2.42. The number of Topliss-reactive ketones (excluding diaryl/α,β-unsaturated/α-hetero) is 1. The number of nitrogens with zero attached hydrogens (tertiary/aromatic N) is 1. The summed E-state index contributed by atoms with van der Waals surface area (Å²) in [7, 11) is 1.25. The van der Waals surface area contributed by atoms with Crippen LogP contribution in [0.25, 0.3) is 0 Å². The number of methoxy groups -OCH3 is 1. The molecule has 1 aromatic rings. The highest BCUT2D eigenvalue weighted by Gasteiger charge is 2.35. The minimum absolute atomic E-state index is 0.0945. The van der Waals surface area contributed by atoms with Gasteiger partial charge in [0, 0.05) is 25.1 Å². The van der Waals surface area contributed by atoms with Crippen LogP contribution in [0.5, 0.6) is 0 Å². The molecule has 1 aromatic carbocycles. The number of benzene rings is 1. The van der Waals surface area contributed by atoms with Crippen molar-refractivity contribution in [2.75, 3.05) is 20.2 Å². The first-order chi connectivity index (χ1) is 9.93. The number of esters is 1. The highest BCUT2D eigenvalue weighted by molar-refractivity contribution is 6.02. The number of rotatable bonds is 2. The Morgan fingerprint density at radius 1 is 1.24 bits per heavy atom. The van der Waals surface area contributed by atoms with Gasteiger partial charge in [0.15, 0.2) is 5.78 Å². The number of piperidine rings is 1. The molecule has 5 heteroatoms. The molecule has 1 aliphatic heterocycles. The van der Waals surface area contributed by atoms with Crippen LogP contribution in [0.15, 0.2) is 18.2 Å². The summed E-state index contributed by atoms with van der Waals surface area (Å²) < 4.78 is 4.63. The lowest BCUT2D eigenvalue weighted by Gasteiger charge is -2.30. The Hall–Kier alpha value is -2.17. The van der Waals surface area contributed by atoms with Crippen LogP contribution in [0.3, 0.4) is 0 Å². The number of hydrogen-bond acceptors (Lipinski definition) is 4. The summed E-state index contributed by atoms with van der Waals surface area (Å²) >= 11 is 0. The summed E-state index contributed by atoms with van der Waals surface area (Å²) in [4.78, 5) is 37.4. The number of amides is 1. The van der Waals surface area contributed by atoms with Crippen molar-refractivity contribution in [2.45, 2.75) is 20.3 Å². The molecule has 1 atom stereocenters. The smallest absolute Gasteiger partial charge is 0.318 e. The molecule has 1 heterocycles. The highest BCUT2D eigenvalue weighted by Crippen LogP contribution is 2.18. The molecular weight excluding hydrogens is 270 g/mol. The lowest BCUT2D eigenvalue weighted by atomic mass is 9.95. The van der Waals surface area contributed by atoms with Gasteiger partial charge >= 0.3 is 5.97 Å². The second-order valence-electron chi connectivity index (χ2n) is 5.34. The predicted molar refractivity (Wildman–Crippen MR) is 76.9 cm³/mol. The molecule has 1 saturated heterocycles. The molecule has 0 N–H and O–H groups in total. The molecule has 1 amide bonds. The third-order valence-corrected chi connectivity index (χ3v) is 3.95. The zero-order chi connectivity index (χ0) is 15.6. The molecule has 0 spiro atoms. The number of ether oxygens (including phenoxy) is 1. The summed E-state index contributed by atoms with van der Waals surface area (Å²) in [6.07, 6.45) is 0.191. The van der Waals surface area contributed by atoms with Crippen molar-refractivity contribution in [2.24, 2.45) is 5.92 Å². The van der Waals surface area contributed by atoms with E-state index in [1.807, 2.05) is 26.0 Å². The van der Waals surface area contributed by atoms with Gasteiger partial charge in [0.2, 0.25) is 0 Å². The van der Waals surface area contributed by atoms with Gasteiger partial charge in [-0.1, -0.05) is 6.07 Å². The average Bonchev–Trinajstić information content (AvgIpc) is 2.49. The van der Waals surface area contributed by atoms with E-state index in [-0.39, 0.29) is 24.7 Å². The first kappa shape index (κ1) is 15.2. The van der Waals surface area contributed by atoms with Crippen LogP contribution in [0, 0.1) is 19.8 Å². The minimum atomic E-state index is -0.862. The normalized spacial score (nSPS) is 18.5. The maximum atomic E-state index is 12.5. The predicted octanol–water partition coefficient (Wildman–Crippen LogP) is 1.51. The fraction of sp³-hybridized carbons (Fsp3) is 0.438. The fourth-order valence-electron chi connectivity index (χ4n) is 2.42. The van der Waals surface area contributed by atoms with Crippen molar-refractivity contribution in [1.82, 2.24) is 4.90 Å². The topological polar surface area (TPSA) is 63.7 Å². The Bertz CT molecular complexity index is 586. The van der Waals surface area contributed by atoms with E-state index < -0.39 is 11.9 Å². The molecule has 0 radical (unpaired) electrons. The molecule has 0 aliphatic carbocycles. The molecule has 1 unspecified atom stereocenters. The Morgan fingerprint density at radius 3 is 2.57 bits per heavy atom. The lowest BCUT2D eigenvalue weighted by molar-refractivity contribution is -0.151. The Kier molecular flexibility index (Phi) is 4.40. The highest BCUT2D eigenvalue weighted by atomic mass is 16.5. The van der Waals surface area contributed by atoms with E-state index in [9.17, 15) is 14.4 Å². The number of hydrogen-bond donors (Lipinski definition) is 0. The third kappa shape index (κ3) is 3.12. The van der Waals surface area contributed by atoms with Crippen molar-refractivity contribution in [3.63, 3.8) is 0 Å². The Balaban J connectivity index is 2.17. The largest absolute Gasteiger partial charge is 0.468 e. The van der Waals surface area contributed by atoms with Crippen LogP contribution in [-0.4, -0.2) is 42.8 Å². The van der Waals surface area contributed by atoms with Crippen LogP contribution >= 0.6 is 0 Å².